The molecule has 0 saturated carbocycles. The lowest BCUT2D eigenvalue weighted by Gasteiger charge is -2.29. The van der Waals surface area contributed by atoms with Crippen molar-refractivity contribution >= 4 is 201 Å². The van der Waals surface area contributed by atoms with Crippen molar-refractivity contribution in [3.05, 3.63) is 263 Å². The number of benzene rings is 3. The summed E-state index contributed by atoms with van der Waals surface area (Å²) >= 11 is 34.4. The highest BCUT2D eigenvalue weighted by Gasteiger charge is 2.55. The SMILES string of the molecule is C#C[C@]1(CN2Cc3ccc(OC)cc3C2=O)NC(=O)NC1=O.COc1cc(Cl)ncc1I.COc1ccc2c(c1)C(=O)N(C[C@@]1(c3cc4cnc(-c5ccncc5)cc4o3)NC(=O)NC1=O)C2.COc1ccc2c(c1)C(=O)N(C[C@@]1(c3cc4cnc(Cl)cc4o3)NC(=O)NC1=O)C2.COc1ccnc(Cl)c1.COc1ccnc(Cl)c1I.O=c1cc(Cl)[nH]cc1I. The molecule has 12 amide bonds. The summed E-state index contributed by atoms with van der Waals surface area (Å²) in [5, 5.41) is 17.6. The van der Waals surface area contributed by atoms with Crippen LogP contribution in [0.15, 0.2) is 185 Å². The van der Waals surface area contributed by atoms with E-state index in [1.54, 1.807) is 156 Å². The van der Waals surface area contributed by atoms with Crippen LogP contribution in [-0.2, 0) is 45.1 Å². The first kappa shape index (κ1) is 92.0. The van der Waals surface area contributed by atoms with E-state index in [-0.39, 0.29) is 72.5 Å². The molecule has 3 atom stereocenters. The highest BCUT2D eigenvalue weighted by molar-refractivity contribution is 14.1. The number of urea groups is 3. The van der Waals surface area contributed by atoms with Crippen molar-refractivity contribution in [1.29, 1.82) is 0 Å². The van der Waals surface area contributed by atoms with Gasteiger partial charge in [-0.2, -0.15) is 0 Å². The number of carbonyl (C=O) groups is 9. The number of imide groups is 3. The number of hydrogen-bond acceptors (Lipinski definition) is 24. The second-order valence-corrected chi connectivity index (χ2v) is 32.3. The number of methoxy groups -OCH3 is 6. The number of carbonyl (C=O) groups excluding carboxylic acids is 9. The zero-order valence-electron chi connectivity index (χ0n) is 65.9. The lowest BCUT2D eigenvalue weighted by Crippen LogP contribution is -2.54. The summed E-state index contributed by atoms with van der Waals surface area (Å²) in [6.07, 6.45) is 18.4. The number of ether oxygens (including phenoxy) is 6. The van der Waals surface area contributed by atoms with Crippen molar-refractivity contribution in [1.82, 2.24) is 81.5 Å². The van der Waals surface area contributed by atoms with Crippen molar-refractivity contribution < 1.29 is 80.4 Å². The van der Waals surface area contributed by atoms with Crippen LogP contribution in [0.3, 0.4) is 0 Å². The maximum atomic E-state index is 13.2. The van der Waals surface area contributed by atoms with Crippen LogP contribution in [0, 0.1) is 23.1 Å². The van der Waals surface area contributed by atoms with E-state index in [2.05, 4.69) is 118 Å². The molecule has 6 aliphatic heterocycles. The Balaban J connectivity index is 0.000000143. The Morgan fingerprint density at radius 1 is 0.456 bits per heavy atom. The number of H-pyrrole nitrogens is 1. The van der Waals surface area contributed by atoms with Crippen LogP contribution in [0.5, 0.6) is 34.5 Å². The summed E-state index contributed by atoms with van der Waals surface area (Å²) in [6, 6.07) is 32.2. The minimum Gasteiger partial charge on any atom is -0.497 e. The maximum Gasteiger partial charge on any atom is 0.323 e. The number of nitrogens with zero attached hydrogens (tertiary/aromatic N) is 9. The number of amides is 12. The smallest absolute Gasteiger partial charge is 0.323 e. The summed E-state index contributed by atoms with van der Waals surface area (Å²) in [7, 11) is 9.37. The molecule has 0 spiro atoms. The maximum absolute atomic E-state index is 13.2. The third-order valence-corrected chi connectivity index (χ3v) is 23.5. The molecule has 18 rings (SSSR count). The van der Waals surface area contributed by atoms with Crippen molar-refractivity contribution in [3.63, 3.8) is 0 Å². The van der Waals surface area contributed by atoms with Gasteiger partial charge in [0.1, 0.15) is 82.9 Å². The van der Waals surface area contributed by atoms with Crippen molar-refractivity contribution in [3.8, 4) is 58.1 Å². The Morgan fingerprint density at radius 3 is 1.34 bits per heavy atom. The number of rotatable bonds is 15. The summed E-state index contributed by atoms with van der Waals surface area (Å²) < 4.78 is 44.8. The molecule has 12 aromatic rings. The Bertz CT molecular complexity index is 6350. The molecule has 7 N–H and O–H groups in total. The first-order valence-corrected chi connectivity index (χ1v) is 41.5. The van der Waals surface area contributed by atoms with Gasteiger partial charge in [-0.15, -0.1) is 6.42 Å². The third kappa shape index (κ3) is 20.9. The van der Waals surface area contributed by atoms with Crippen LogP contribution in [0.25, 0.3) is 33.2 Å². The molecule has 0 unspecified atom stereocenters. The lowest BCUT2D eigenvalue weighted by atomic mass is 9.95. The van der Waals surface area contributed by atoms with Gasteiger partial charge in [0.05, 0.1) is 78.7 Å². The molecule has 0 radical (unpaired) electrons. The molecule has 0 bridgehead atoms. The molecule has 0 aliphatic carbocycles. The average Bonchev–Trinajstić information content (AvgIpc) is 1.59. The molecular formula is C83H66Cl5I3N16O18. The van der Waals surface area contributed by atoms with E-state index in [0.29, 0.717) is 92.3 Å². The predicted octanol–water partition coefficient (Wildman–Crippen LogP) is 12.7. The van der Waals surface area contributed by atoms with E-state index in [4.69, 9.17) is 102 Å². The molecule has 42 heteroatoms. The van der Waals surface area contributed by atoms with E-state index in [1.807, 2.05) is 40.8 Å². The molecule has 642 valence electrons. The monoisotopic (exact) mass is 2130 g/mol. The minimum atomic E-state index is -1.59. The number of terminal acetylenes is 1. The van der Waals surface area contributed by atoms with E-state index in [0.717, 1.165) is 46.6 Å². The summed E-state index contributed by atoms with van der Waals surface area (Å²) in [6.45, 7) is 0.599. The van der Waals surface area contributed by atoms with Gasteiger partial charge in [0.15, 0.2) is 22.0 Å². The number of pyridine rings is 7. The second-order valence-electron chi connectivity index (χ2n) is 27.0. The van der Waals surface area contributed by atoms with Crippen LogP contribution < -0.4 is 65.8 Å². The first-order valence-electron chi connectivity index (χ1n) is 36.4. The van der Waals surface area contributed by atoms with E-state index in [1.165, 1.54) is 54.4 Å². The van der Waals surface area contributed by atoms with Gasteiger partial charge in [-0.05, 0) is 157 Å². The van der Waals surface area contributed by atoms with Gasteiger partial charge in [0, 0.05) is 133 Å². The highest BCUT2D eigenvalue weighted by Crippen LogP contribution is 2.39. The van der Waals surface area contributed by atoms with Crippen LogP contribution in [0.2, 0.25) is 25.8 Å². The molecule has 6 aliphatic rings. The van der Waals surface area contributed by atoms with Crippen molar-refractivity contribution in [2.45, 2.75) is 36.3 Å². The molecule has 3 saturated heterocycles. The van der Waals surface area contributed by atoms with E-state index < -0.39 is 52.4 Å². The summed E-state index contributed by atoms with van der Waals surface area (Å²) in [5.74, 6) is 4.06. The van der Waals surface area contributed by atoms with Crippen LogP contribution in [0.1, 0.15) is 59.3 Å². The highest BCUT2D eigenvalue weighted by atomic mass is 127. The number of aromatic nitrogens is 7. The van der Waals surface area contributed by atoms with Crippen molar-refractivity contribution in [2.24, 2.45) is 0 Å². The normalized spacial score (nSPS) is 17.2. The molecule has 125 heavy (non-hydrogen) atoms. The van der Waals surface area contributed by atoms with Crippen LogP contribution in [0.4, 0.5) is 14.4 Å². The van der Waals surface area contributed by atoms with Crippen LogP contribution in [-0.4, -0.2) is 171 Å². The Labute approximate surface area is 775 Å². The van der Waals surface area contributed by atoms with Gasteiger partial charge in [0.25, 0.3) is 35.4 Å². The summed E-state index contributed by atoms with van der Waals surface area (Å²) in [4.78, 5) is 154. The van der Waals surface area contributed by atoms with Crippen molar-refractivity contribution in [2.75, 3.05) is 62.3 Å². The number of hydrogen-bond donors (Lipinski definition) is 7. The Hall–Kier alpha value is -12.2. The number of nitrogens with one attached hydrogen (secondary N) is 7. The molecule has 3 aromatic carbocycles. The molecule has 3 fully saturated rings. The second kappa shape index (κ2) is 40.2. The predicted molar refractivity (Wildman–Crippen MR) is 482 cm³/mol. The topological polar surface area (TPSA) is 427 Å². The van der Waals surface area contributed by atoms with Gasteiger partial charge in [-0.3, -0.25) is 59.5 Å². The third-order valence-electron chi connectivity index (χ3n) is 19.3. The largest absolute Gasteiger partial charge is 0.497 e. The van der Waals surface area contributed by atoms with Gasteiger partial charge in [-0.1, -0.05) is 82.1 Å². The quantitative estimate of drug-likeness (QED) is 0.0217. The fourth-order valence-corrected chi connectivity index (χ4v) is 15.2. The van der Waals surface area contributed by atoms with E-state index in [9.17, 15) is 47.9 Å². The Morgan fingerprint density at radius 2 is 0.912 bits per heavy atom. The van der Waals surface area contributed by atoms with Gasteiger partial charge >= 0.3 is 18.1 Å². The molecular weight excluding hydrogens is 2070 g/mol. The Kier molecular flexibility index (Phi) is 29.6. The zero-order chi connectivity index (χ0) is 89.8. The first-order chi connectivity index (χ1) is 59.9. The summed E-state index contributed by atoms with van der Waals surface area (Å²) in [5.41, 5.74) is 1.65. The van der Waals surface area contributed by atoms with Gasteiger partial charge < -0.3 is 72.9 Å². The van der Waals surface area contributed by atoms with Gasteiger partial charge in [0.2, 0.25) is 0 Å². The zero-order valence-corrected chi connectivity index (χ0v) is 76.1. The molecule has 34 nitrogen and oxygen atoms in total. The lowest BCUT2D eigenvalue weighted by molar-refractivity contribution is -0.126. The van der Waals surface area contributed by atoms with Gasteiger partial charge in [-0.25, -0.2) is 34.3 Å². The minimum absolute atomic E-state index is 0.0423. The number of aromatic amines is 1. The van der Waals surface area contributed by atoms with E-state index >= 15 is 0 Å². The standard InChI is InChI=1S/C25H19N5O5.C20H15ClN4O5.C15H13N3O4.2C6H5ClINO.C6H6ClNO.C5H3ClINO/c1-34-17-3-2-15-12-30(22(31)18(15)9-17)13-25(23(32)28-24(33)29-25)21-8-16-11-27-19(10-20(16)35-21)14-4-6-26-7-5-14;1-29-12-3-2-10-8-25(17(26)13(10)5-12)9-20(18(27)23-19(28)24-20)15-4-11-7-22-16(21)6-14(11)30-15;1-3-15(13(20)16-14(21)17-15)8-18-7-9-4-5-10(22-2)6-11(9)12(18)19;1-10-5-2-6(7)9-3-4(5)8;1-10-4-2-3-9-6(7)5(4)8;1-9-5-2-3-8-6(7)4-5;6-5-1-4(9)3(7)2-8-5/h2-11H,12-13H2,1H3,(H2,28,29,32,33);2-7H,8-9H2,1H3,(H2,23,24,27,28);1,4-6H,7-8H2,2H3,(H2,16,17,20,21);2*2-3H,1H3;2-4H,1H3;1-2H,(H,8,9)/t25-;20-;15-;;;;/m001..../s1. The fourth-order valence-electron chi connectivity index (χ4n) is 13.1. The number of furan rings is 2. The average molecular weight is 2130 g/mol. The number of halogens is 8. The fraction of sp³-hybridized carbons (Fsp3) is 0.181. The van der Waals surface area contributed by atoms with Crippen LogP contribution >= 0.6 is 126 Å². The number of fused-ring (bicyclic) bond motifs is 5. The molecule has 9 aromatic heterocycles. The molecule has 15 heterocycles.